The fraction of sp³-hybridized carbons (Fsp3) is 0.333. The number of aromatic hydroxyl groups is 1. The molecule has 0 saturated carbocycles. The first kappa shape index (κ1) is 41.4. The molecule has 3 aromatic carbocycles. The number of phenolic OH excluding ortho intramolecular Hbond substituents is 1. The van der Waals surface area contributed by atoms with E-state index in [9.17, 15) is 31.3 Å². The van der Waals surface area contributed by atoms with Crippen LogP contribution in [0.25, 0.3) is 10.8 Å². The van der Waals surface area contributed by atoms with Crippen molar-refractivity contribution in [2.24, 2.45) is 10.2 Å². The van der Waals surface area contributed by atoms with E-state index < -0.39 is 54.0 Å². The third kappa shape index (κ3) is 11.8. The average Bonchev–Trinajstić information content (AvgIpc) is 3.03. The summed E-state index contributed by atoms with van der Waals surface area (Å²) in [5.41, 5.74) is -0.683. The van der Waals surface area contributed by atoms with E-state index in [1.807, 2.05) is 0 Å². The summed E-state index contributed by atoms with van der Waals surface area (Å²) in [6, 6.07) is 11.0. The maximum atomic E-state index is 13.5. The van der Waals surface area contributed by atoms with E-state index in [4.69, 9.17) is 32.1 Å². The number of phenols is 1. The molecule has 0 radical (unpaired) electrons. The van der Waals surface area contributed by atoms with Crippen LogP contribution in [0, 0.1) is 0 Å². The van der Waals surface area contributed by atoms with Gasteiger partial charge < -0.3 is 19.7 Å². The predicted molar refractivity (Wildman–Crippen MR) is 179 cm³/mol. The van der Waals surface area contributed by atoms with Gasteiger partial charge >= 0.3 is 35.5 Å². The molecule has 262 valence electrons. The Bertz CT molecular complexity index is 2040. The van der Waals surface area contributed by atoms with Crippen LogP contribution < -0.4 is 34.9 Å². The maximum absolute atomic E-state index is 13.5. The monoisotopic (exact) mass is 776 g/mol. The minimum absolute atomic E-state index is 0. The van der Waals surface area contributed by atoms with Crippen molar-refractivity contribution < 1.29 is 69.8 Å². The molecule has 4 aromatic rings. The zero-order valence-corrected chi connectivity index (χ0v) is 32.1. The molecule has 0 aliphatic rings. The molecule has 0 spiro atoms. The Morgan fingerprint density at radius 3 is 2.20 bits per heavy atom. The van der Waals surface area contributed by atoms with Crippen molar-refractivity contribution >= 4 is 83.2 Å². The Morgan fingerprint density at radius 2 is 1.54 bits per heavy atom. The minimum Gasteiger partial charge on any atom is -0.744 e. The molecule has 4 rings (SSSR count). The molecule has 1 aromatic heterocycles. The van der Waals surface area contributed by atoms with E-state index in [0.29, 0.717) is 6.42 Å². The summed E-state index contributed by atoms with van der Waals surface area (Å²) in [6.45, 7) is 1.17. The number of rotatable bonds is 17. The van der Waals surface area contributed by atoms with Crippen molar-refractivity contribution in [2.75, 3.05) is 18.5 Å². The van der Waals surface area contributed by atoms with Gasteiger partial charge in [0.2, 0.25) is 16.5 Å². The third-order valence-electron chi connectivity index (χ3n) is 6.86. The van der Waals surface area contributed by atoms with E-state index in [0.717, 1.165) is 50.3 Å². The second kappa shape index (κ2) is 19.0. The third-order valence-corrected chi connectivity index (χ3v) is 9.40. The fourth-order valence-electron chi connectivity index (χ4n) is 4.55. The molecular formula is C30H31Cl2N6NaO9S2. The van der Waals surface area contributed by atoms with Crippen molar-refractivity contribution in [3.05, 3.63) is 59.1 Å². The molecule has 0 aliphatic heterocycles. The van der Waals surface area contributed by atoms with Crippen LogP contribution in [-0.4, -0.2) is 60.6 Å². The Labute approximate surface area is 321 Å². The molecule has 0 saturated heterocycles. The number of carbonyl (C=O) groups is 1. The largest absolute Gasteiger partial charge is 1.00 e. The van der Waals surface area contributed by atoms with Gasteiger partial charge in [0.05, 0.1) is 16.3 Å². The molecule has 0 aliphatic carbocycles. The van der Waals surface area contributed by atoms with Gasteiger partial charge in [0.1, 0.15) is 33.9 Å². The molecule has 50 heavy (non-hydrogen) atoms. The number of esters is 1. The number of azo groups is 1. The number of ether oxygens (including phenoxy) is 1. The number of nitrogens with one attached hydrogen (secondary N) is 1. The Balaban J connectivity index is 0.00000676. The first-order valence-corrected chi connectivity index (χ1v) is 18.5. The van der Waals surface area contributed by atoms with Gasteiger partial charge in [0.25, 0.3) is 10.1 Å². The van der Waals surface area contributed by atoms with Crippen LogP contribution in [0.1, 0.15) is 51.9 Å². The van der Waals surface area contributed by atoms with Gasteiger partial charge in [-0.2, -0.15) is 28.5 Å². The van der Waals surface area contributed by atoms with Crippen LogP contribution in [0.4, 0.5) is 23.0 Å². The zero-order chi connectivity index (χ0) is 35.6. The summed E-state index contributed by atoms with van der Waals surface area (Å²) in [6.07, 6.45) is 6.02. The first-order valence-electron chi connectivity index (χ1n) is 14.9. The van der Waals surface area contributed by atoms with Crippen LogP contribution >= 0.6 is 23.2 Å². The Hall–Kier alpha value is -3.00. The summed E-state index contributed by atoms with van der Waals surface area (Å²) in [5.74, 6) is -1.61. The molecule has 0 fully saturated rings. The fourth-order valence-corrected chi connectivity index (χ4v) is 6.63. The van der Waals surface area contributed by atoms with Crippen LogP contribution in [0.15, 0.2) is 68.6 Å². The maximum Gasteiger partial charge on any atom is 1.00 e. The van der Waals surface area contributed by atoms with Crippen LogP contribution in [0.3, 0.4) is 0 Å². The minimum atomic E-state index is -5.27. The van der Waals surface area contributed by atoms with Crippen LogP contribution in [0.2, 0.25) is 10.6 Å². The number of hydrogen-bond donors (Lipinski definition) is 2. The second-order valence-electron chi connectivity index (χ2n) is 10.5. The molecule has 15 nitrogen and oxygen atoms in total. The predicted octanol–water partition coefficient (Wildman–Crippen LogP) is 4.10. The van der Waals surface area contributed by atoms with Crippen molar-refractivity contribution in [1.82, 2.24) is 15.0 Å². The van der Waals surface area contributed by atoms with E-state index in [1.165, 1.54) is 0 Å². The Morgan fingerprint density at radius 1 is 0.900 bits per heavy atom. The van der Waals surface area contributed by atoms with Gasteiger partial charge in [-0.15, -0.1) is 5.11 Å². The number of fused-ring (bicyclic) bond motifs is 1. The van der Waals surface area contributed by atoms with E-state index in [-0.39, 0.29) is 81.2 Å². The molecule has 20 heteroatoms. The number of benzene rings is 3. The summed E-state index contributed by atoms with van der Waals surface area (Å²) >= 11 is 11.8. The van der Waals surface area contributed by atoms with Gasteiger partial charge in [-0.3, -0.25) is 8.98 Å². The molecule has 0 amide bonds. The number of carbonyl (C=O) groups excluding carboxylic acids is 1. The number of halogens is 2. The molecular weight excluding hydrogens is 746 g/mol. The zero-order valence-electron chi connectivity index (χ0n) is 27.0. The van der Waals surface area contributed by atoms with E-state index >= 15 is 0 Å². The summed E-state index contributed by atoms with van der Waals surface area (Å²) in [5, 5.41) is 20.5. The first-order chi connectivity index (χ1) is 23.3. The van der Waals surface area contributed by atoms with Gasteiger partial charge in [0.15, 0.2) is 5.75 Å². The molecule has 0 atom stereocenters. The van der Waals surface area contributed by atoms with Crippen molar-refractivity contribution in [2.45, 2.75) is 61.7 Å². The van der Waals surface area contributed by atoms with Crippen LogP contribution in [-0.2, 0) is 34.0 Å². The topological polar surface area (TPSA) is 223 Å². The molecule has 0 unspecified atom stereocenters. The summed E-state index contributed by atoms with van der Waals surface area (Å²) < 4.78 is 73.9. The number of anilines is 2. The molecule has 2 N–H and O–H groups in total. The average molecular weight is 778 g/mol. The van der Waals surface area contributed by atoms with Crippen molar-refractivity contribution in [1.29, 1.82) is 0 Å². The van der Waals surface area contributed by atoms with Gasteiger partial charge in [-0.05, 0) is 65.3 Å². The van der Waals surface area contributed by atoms with E-state index in [1.54, 1.807) is 30.3 Å². The normalized spacial score (nSPS) is 11.8. The Kier molecular flexibility index (Phi) is 15.7. The number of hydrogen-bond acceptors (Lipinski definition) is 15. The number of aromatic nitrogens is 3. The quantitative estimate of drug-likeness (QED) is 0.0385. The standard InChI is InChI=1S/C30H32Cl2N6O9S2.Na/c1-2-3-4-5-6-10-13-25(39)46-14-15-47-49(44,45)23-16-19-17-24(48(41,42)43)26(38-37-20-11-8-7-9-12-20)27(40)21(19)18-22(23)33-30-35-28(31)34-29(32)36-30;/h7-9,11-12,16-18,40H,2-6,10,13-15H2,1H3,(H,41,42,43)(H,33,34,35,36);/q;+1/p-1. The smallest absolute Gasteiger partial charge is 0.744 e. The summed E-state index contributed by atoms with van der Waals surface area (Å²) in [4.78, 5) is 21.9. The van der Waals surface area contributed by atoms with Gasteiger partial charge in [-0.25, -0.2) is 8.42 Å². The van der Waals surface area contributed by atoms with Crippen molar-refractivity contribution in [3.63, 3.8) is 0 Å². The molecule has 0 bridgehead atoms. The van der Waals surface area contributed by atoms with E-state index in [2.05, 4.69) is 37.4 Å². The molecule has 1 heterocycles. The number of nitrogens with zero attached hydrogens (tertiary/aromatic N) is 5. The summed E-state index contributed by atoms with van der Waals surface area (Å²) in [7, 11) is -9.98. The van der Waals surface area contributed by atoms with Gasteiger partial charge in [0, 0.05) is 11.8 Å². The van der Waals surface area contributed by atoms with Crippen molar-refractivity contribution in [3.8, 4) is 5.75 Å². The second-order valence-corrected chi connectivity index (χ2v) is 14.1. The van der Waals surface area contributed by atoms with Gasteiger partial charge in [-0.1, -0.05) is 57.2 Å². The number of unbranched alkanes of at least 4 members (excludes halogenated alkanes) is 5. The van der Waals surface area contributed by atoms with Crippen LogP contribution in [0.5, 0.6) is 5.75 Å². The SMILES string of the molecule is CCCCCCCCC(=O)OCCOS(=O)(=O)c1cc2cc(S(=O)(=O)[O-])c(N=Nc3ccccc3)c(O)c2cc1Nc1nc(Cl)nc(Cl)n1.[Na+].